The molecule has 0 bridgehead atoms. The molecule has 0 aromatic rings. The van der Waals surface area contributed by atoms with Gasteiger partial charge in [-0.25, -0.2) is 0 Å². The average molecular weight is 184 g/mol. The largest absolute Gasteiger partial charge is 0.481 e. The summed E-state index contributed by atoms with van der Waals surface area (Å²) in [6.45, 7) is 5.72. The van der Waals surface area contributed by atoms with E-state index in [4.69, 9.17) is 5.11 Å². The molecule has 2 heteroatoms. The lowest BCUT2D eigenvalue weighted by atomic mass is 9.98. The molecule has 0 amide bonds. The van der Waals surface area contributed by atoms with Crippen LogP contribution < -0.4 is 0 Å². The van der Waals surface area contributed by atoms with E-state index in [1.54, 1.807) is 6.08 Å². The van der Waals surface area contributed by atoms with Gasteiger partial charge < -0.3 is 5.11 Å². The molecule has 1 N–H and O–H groups in total. The Kier molecular flexibility index (Phi) is 7.36. The molecule has 0 unspecified atom stereocenters. The van der Waals surface area contributed by atoms with Crippen LogP contribution in [0.25, 0.3) is 0 Å². The van der Waals surface area contributed by atoms with Crippen molar-refractivity contribution >= 4 is 5.97 Å². The zero-order chi connectivity index (χ0) is 10.1. The second-order valence-corrected chi connectivity index (χ2v) is 3.41. The van der Waals surface area contributed by atoms with Crippen LogP contribution in [0.2, 0.25) is 0 Å². The highest BCUT2D eigenvalue weighted by molar-refractivity contribution is 5.70. The maximum Gasteiger partial charge on any atom is 0.306 e. The molecule has 0 spiro atoms. The minimum Gasteiger partial charge on any atom is -0.481 e. The molecule has 0 aromatic heterocycles. The smallest absolute Gasteiger partial charge is 0.306 e. The number of allylic oxidation sites excluding steroid dienone is 1. The van der Waals surface area contributed by atoms with Gasteiger partial charge in [0.05, 0.1) is 5.92 Å². The molecule has 76 valence electrons. The Hall–Kier alpha value is -0.790. The van der Waals surface area contributed by atoms with Crippen LogP contribution in [0.4, 0.5) is 0 Å². The van der Waals surface area contributed by atoms with Crippen LogP contribution in [-0.2, 0) is 4.79 Å². The van der Waals surface area contributed by atoms with Gasteiger partial charge in [0.25, 0.3) is 0 Å². The normalized spacial score (nSPS) is 12.4. The first-order chi connectivity index (χ1) is 6.22. The van der Waals surface area contributed by atoms with Gasteiger partial charge in [0.2, 0.25) is 0 Å². The van der Waals surface area contributed by atoms with Crippen molar-refractivity contribution < 1.29 is 9.90 Å². The van der Waals surface area contributed by atoms with Crippen LogP contribution in [0.5, 0.6) is 0 Å². The number of hydrogen-bond acceptors (Lipinski definition) is 1. The molecular weight excluding hydrogens is 164 g/mol. The van der Waals surface area contributed by atoms with Gasteiger partial charge in [0, 0.05) is 0 Å². The van der Waals surface area contributed by atoms with Gasteiger partial charge in [-0.05, 0) is 12.8 Å². The van der Waals surface area contributed by atoms with Gasteiger partial charge in [-0.1, -0.05) is 38.7 Å². The third-order valence-electron chi connectivity index (χ3n) is 2.21. The standard InChI is InChI=1S/C11H20O2/c1-3-5-6-7-9-10(8-4-2)11(12)13/h4,10H,2-3,5-9H2,1H3,(H,12,13)/t10-/m0/s1. The highest BCUT2D eigenvalue weighted by Crippen LogP contribution is 2.14. The third-order valence-corrected chi connectivity index (χ3v) is 2.21. The van der Waals surface area contributed by atoms with Gasteiger partial charge in [0.1, 0.15) is 0 Å². The Bertz CT molecular complexity index is 152. The lowest BCUT2D eigenvalue weighted by Gasteiger charge is -2.08. The van der Waals surface area contributed by atoms with Crippen molar-refractivity contribution in [2.45, 2.75) is 45.4 Å². The highest BCUT2D eigenvalue weighted by Gasteiger charge is 2.14. The fourth-order valence-corrected chi connectivity index (χ4v) is 1.36. The zero-order valence-corrected chi connectivity index (χ0v) is 8.46. The van der Waals surface area contributed by atoms with Crippen molar-refractivity contribution in [3.63, 3.8) is 0 Å². The predicted molar refractivity (Wildman–Crippen MR) is 54.7 cm³/mol. The quantitative estimate of drug-likeness (QED) is 0.464. The van der Waals surface area contributed by atoms with E-state index in [0.29, 0.717) is 6.42 Å². The number of rotatable bonds is 8. The van der Waals surface area contributed by atoms with E-state index < -0.39 is 5.97 Å². The van der Waals surface area contributed by atoms with E-state index in [2.05, 4.69) is 13.5 Å². The number of carboxylic acid groups (broad SMARTS) is 1. The number of aliphatic carboxylic acids is 1. The minimum atomic E-state index is -0.684. The van der Waals surface area contributed by atoms with Crippen molar-refractivity contribution in [1.29, 1.82) is 0 Å². The van der Waals surface area contributed by atoms with Crippen LogP contribution in [-0.4, -0.2) is 11.1 Å². The minimum absolute atomic E-state index is 0.214. The van der Waals surface area contributed by atoms with E-state index in [-0.39, 0.29) is 5.92 Å². The molecule has 2 nitrogen and oxygen atoms in total. The third kappa shape index (κ3) is 6.38. The van der Waals surface area contributed by atoms with E-state index in [1.807, 2.05) is 0 Å². The molecule has 0 aliphatic rings. The van der Waals surface area contributed by atoms with Crippen molar-refractivity contribution in [2.24, 2.45) is 5.92 Å². The van der Waals surface area contributed by atoms with Gasteiger partial charge in [-0.2, -0.15) is 0 Å². The van der Waals surface area contributed by atoms with Crippen molar-refractivity contribution in [3.05, 3.63) is 12.7 Å². The summed E-state index contributed by atoms with van der Waals surface area (Å²) >= 11 is 0. The molecule has 0 radical (unpaired) electrons. The monoisotopic (exact) mass is 184 g/mol. The number of unbranched alkanes of at least 4 members (excludes halogenated alkanes) is 3. The Morgan fingerprint density at radius 3 is 2.62 bits per heavy atom. The van der Waals surface area contributed by atoms with Crippen LogP contribution in [0.3, 0.4) is 0 Å². The Morgan fingerprint density at radius 2 is 2.15 bits per heavy atom. The maximum atomic E-state index is 10.7. The first-order valence-corrected chi connectivity index (χ1v) is 5.06. The summed E-state index contributed by atoms with van der Waals surface area (Å²) in [6.07, 6.45) is 7.66. The topological polar surface area (TPSA) is 37.3 Å². The highest BCUT2D eigenvalue weighted by atomic mass is 16.4. The predicted octanol–water partition coefficient (Wildman–Crippen LogP) is 3.23. The lowest BCUT2D eigenvalue weighted by molar-refractivity contribution is -0.141. The molecule has 13 heavy (non-hydrogen) atoms. The van der Waals surface area contributed by atoms with Crippen molar-refractivity contribution in [1.82, 2.24) is 0 Å². The second-order valence-electron chi connectivity index (χ2n) is 3.41. The summed E-state index contributed by atoms with van der Waals surface area (Å²) in [4.78, 5) is 10.7. The van der Waals surface area contributed by atoms with Gasteiger partial charge in [-0.3, -0.25) is 4.79 Å². The summed E-state index contributed by atoms with van der Waals surface area (Å²) in [5.41, 5.74) is 0. The fourth-order valence-electron chi connectivity index (χ4n) is 1.36. The molecule has 0 fully saturated rings. The molecule has 0 aliphatic carbocycles. The van der Waals surface area contributed by atoms with E-state index in [1.165, 1.54) is 12.8 Å². The van der Waals surface area contributed by atoms with E-state index >= 15 is 0 Å². The van der Waals surface area contributed by atoms with Gasteiger partial charge in [-0.15, -0.1) is 6.58 Å². The average Bonchev–Trinajstić information content (AvgIpc) is 2.10. The van der Waals surface area contributed by atoms with E-state index in [0.717, 1.165) is 19.3 Å². The molecule has 0 heterocycles. The summed E-state index contributed by atoms with van der Waals surface area (Å²) < 4.78 is 0. The summed E-state index contributed by atoms with van der Waals surface area (Å²) in [6, 6.07) is 0. The van der Waals surface area contributed by atoms with Crippen molar-refractivity contribution in [2.75, 3.05) is 0 Å². The first kappa shape index (κ1) is 12.2. The Balaban J connectivity index is 3.56. The van der Waals surface area contributed by atoms with Gasteiger partial charge in [0.15, 0.2) is 0 Å². The molecule has 0 saturated heterocycles. The van der Waals surface area contributed by atoms with E-state index in [9.17, 15) is 4.79 Å². The second kappa shape index (κ2) is 7.84. The van der Waals surface area contributed by atoms with Crippen LogP contribution >= 0.6 is 0 Å². The summed E-state index contributed by atoms with van der Waals surface area (Å²) in [7, 11) is 0. The van der Waals surface area contributed by atoms with Crippen molar-refractivity contribution in [3.8, 4) is 0 Å². The molecule has 0 rings (SSSR count). The van der Waals surface area contributed by atoms with Crippen LogP contribution in [0.1, 0.15) is 45.4 Å². The molecule has 1 atom stereocenters. The number of carbonyl (C=O) groups is 1. The van der Waals surface area contributed by atoms with Gasteiger partial charge >= 0.3 is 5.97 Å². The molecule has 0 aromatic carbocycles. The van der Waals surface area contributed by atoms with Crippen LogP contribution in [0.15, 0.2) is 12.7 Å². The summed E-state index contributed by atoms with van der Waals surface area (Å²) in [5.74, 6) is -0.897. The van der Waals surface area contributed by atoms with Crippen LogP contribution in [0, 0.1) is 5.92 Å². The molecule has 0 saturated carbocycles. The SMILES string of the molecule is C=CC[C@@H](CCCCCC)C(=O)O. The molecule has 0 aliphatic heterocycles. The molecular formula is C11H20O2. The number of carboxylic acids is 1. The maximum absolute atomic E-state index is 10.7. The Morgan fingerprint density at radius 1 is 1.46 bits per heavy atom. The fraction of sp³-hybridized carbons (Fsp3) is 0.727. The lowest BCUT2D eigenvalue weighted by Crippen LogP contribution is -2.12. The summed E-state index contributed by atoms with van der Waals surface area (Å²) in [5, 5.41) is 8.81. The zero-order valence-electron chi connectivity index (χ0n) is 8.46. The Labute approximate surface area is 80.7 Å². The number of hydrogen-bond donors (Lipinski definition) is 1. The first-order valence-electron chi connectivity index (χ1n) is 5.06.